The maximum absolute atomic E-state index is 6.91. The predicted octanol–water partition coefficient (Wildman–Crippen LogP) is 16.0. The molecule has 4 aliphatic carbocycles. The fraction of sp³-hybridized carbons (Fsp3) is 0.115. The van der Waals surface area contributed by atoms with Gasteiger partial charge in [-0.1, -0.05) is 173 Å². The highest BCUT2D eigenvalue weighted by molar-refractivity contribution is 6.13. The Morgan fingerprint density at radius 1 is 0.333 bits per heavy atom. The van der Waals surface area contributed by atoms with Gasteiger partial charge in [-0.05, 0) is 126 Å². The van der Waals surface area contributed by atoms with Gasteiger partial charge in [0.25, 0.3) is 0 Å². The molecule has 1 heterocycles. The van der Waals surface area contributed by atoms with E-state index in [9.17, 15) is 0 Å². The lowest BCUT2D eigenvalue weighted by Crippen LogP contribution is -2.26. The Hall–Kier alpha value is -7.42. The summed E-state index contributed by atoms with van der Waals surface area (Å²) >= 11 is 0. The first kappa shape index (κ1) is 35.2. The molecule has 0 radical (unpaired) electrons. The van der Waals surface area contributed by atoms with E-state index >= 15 is 0 Å². The number of para-hydroxylation sites is 1. The quantitative estimate of drug-likeness (QED) is 0.177. The molecule has 0 fully saturated rings. The monoisotopic (exact) mass is 805 g/mol. The first-order valence-corrected chi connectivity index (χ1v) is 22.3. The molecule has 0 unspecified atom stereocenters. The third kappa shape index (κ3) is 4.29. The van der Waals surface area contributed by atoms with E-state index in [1.54, 1.807) is 0 Å². The highest BCUT2D eigenvalue weighted by Crippen LogP contribution is 2.65. The highest BCUT2D eigenvalue weighted by Gasteiger charge is 2.53. The molecule has 1 aromatic heterocycles. The average Bonchev–Trinajstić information content (AvgIpc) is 4.06. The summed E-state index contributed by atoms with van der Waals surface area (Å²) in [5, 5.41) is 2.30. The van der Waals surface area contributed by atoms with Gasteiger partial charge in [0.05, 0.1) is 5.41 Å². The Morgan fingerprint density at radius 2 is 0.762 bits per heavy atom. The van der Waals surface area contributed by atoms with Gasteiger partial charge in [0.15, 0.2) is 0 Å². The fourth-order valence-corrected chi connectivity index (χ4v) is 12.6. The number of anilines is 3. The van der Waals surface area contributed by atoms with Crippen molar-refractivity contribution < 1.29 is 4.42 Å². The zero-order valence-electron chi connectivity index (χ0n) is 35.8. The number of hydrogen-bond acceptors (Lipinski definition) is 2. The van der Waals surface area contributed by atoms with Crippen LogP contribution < -0.4 is 4.90 Å². The average molecular weight is 806 g/mol. The van der Waals surface area contributed by atoms with Crippen molar-refractivity contribution in [1.29, 1.82) is 0 Å². The van der Waals surface area contributed by atoms with Crippen molar-refractivity contribution in [1.82, 2.24) is 0 Å². The third-order valence-corrected chi connectivity index (χ3v) is 15.5. The lowest BCUT2D eigenvalue weighted by Gasteiger charge is -2.33. The lowest BCUT2D eigenvalue weighted by atomic mass is 9.70. The van der Waals surface area contributed by atoms with E-state index in [0.717, 1.165) is 39.0 Å². The molecule has 10 aromatic rings. The van der Waals surface area contributed by atoms with Crippen molar-refractivity contribution in [2.75, 3.05) is 4.90 Å². The van der Waals surface area contributed by atoms with Gasteiger partial charge in [0, 0.05) is 44.2 Å². The Balaban J connectivity index is 1.06. The minimum Gasteiger partial charge on any atom is -0.455 e. The molecule has 2 nitrogen and oxygen atoms in total. The van der Waals surface area contributed by atoms with Crippen LogP contribution in [0.2, 0.25) is 0 Å². The largest absolute Gasteiger partial charge is 0.455 e. The van der Waals surface area contributed by atoms with Crippen molar-refractivity contribution >= 4 is 39.0 Å². The zero-order chi connectivity index (χ0) is 42.0. The number of furan rings is 1. The Kier molecular flexibility index (Phi) is 6.67. The van der Waals surface area contributed by atoms with Gasteiger partial charge in [-0.15, -0.1) is 0 Å². The normalized spacial score (nSPS) is 15.7. The summed E-state index contributed by atoms with van der Waals surface area (Å²) in [4.78, 5) is 2.53. The van der Waals surface area contributed by atoms with E-state index in [2.05, 4.69) is 221 Å². The van der Waals surface area contributed by atoms with Crippen LogP contribution in [0.4, 0.5) is 17.1 Å². The van der Waals surface area contributed by atoms with E-state index in [1.165, 1.54) is 89.0 Å². The van der Waals surface area contributed by atoms with E-state index in [0.29, 0.717) is 0 Å². The second-order valence-electron chi connectivity index (χ2n) is 19.2. The molecule has 63 heavy (non-hydrogen) atoms. The van der Waals surface area contributed by atoms with Crippen LogP contribution in [0.3, 0.4) is 0 Å². The molecule has 0 N–H and O–H groups in total. The summed E-state index contributed by atoms with van der Waals surface area (Å²) in [6.45, 7) is 9.52. The minimum atomic E-state index is -0.546. The van der Waals surface area contributed by atoms with Crippen LogP contribution in [0.1, 0.15) is 72.2 Å². The Morgan fingerprint density at radius 3 is 1.32 bits per heavy atom. The summed E-state index contributed by atoms with van der Waals surface area (Å²) in [6, 6.07) is 70.9. The second kappa shape index (κ2) is 11.9. The lowest BCUT2D eigenvalue weighted by molar-refractivity contribution is 0.660. The molecule has 0 saturated heterocycles. The van der Waals surface area contributed by atoms with Crippen LogP contribution in [-0.2, 0) is 16.2 Å². The van der Waals surface area contributed by atoms with Crippen molar-refractivity contribution in [2.24, 2.45) is 0 Å². The summed E-state index contributed by atoms with van der Waals surface area (Å²) in [7, 11) is 0. The van der Waals surface area contributed by atoms with Crippen LogP contribution in [0.5, 0.6) is 0 Å². The first-order chi connectivity index (χ1) is 30.8. The standard InChI is InChI=1S/C61H43NO/c1-59(2)48-20-10-5-15-39(48)43-28-25-36(33-53(43)59)62(37-26-29-44-40-16-6-11-21-49(40)60(3,4)54(44)34-37)38-27-30-47-55(35-38)61(50-22-12-7-17-41(50)42-18-8-13-23-51(42)61)52-32-31-46-45-19-9-14-24-56(45)63-58(46)57(47)52/h5-35H,1-4H3. The van der Waals surface area contributed by atoms with Crippen LogP contribution in [-0.4, -0.2) is 0 Å². The molecule has 1 spiro atoms. The number of hydrogen-bond donors (Lipinski definition) is 0. The van der Waals surface area contributed by atoms with Crippen molar-refractivity contribution in [3.8, 4) is 44.5 Å². The SMILES string of the molecule is CC1(C)c2ccccc2-c2ccc(N(c3ccc4c(c3)C(C)(C)c3ccccc3-4)c3ccc4c(c3)C3(c5ccccc5-c5ccccc53)c3ccc5c(oc6ccccc65)c3-4)cc21. The molecule has 0 bridgehead atoms. The van der Waals surface area contributed by atoms with E-state index < -0.39 is 5.41 Å². The molecule has 14 rings (SSSR count). The fourth-order valence-electron chi connectivity index (χ4n) is 12.6. The molecular weight excluding hydrogens is 763 g/mol. The molecule has 0 atom stereocenters. The van der Waals surface area contributed by atoms with Crippen molar-refractivity contribution in [3.05, 3.63) is 233 Å². The topological polar surface area (TPSA) is 16.4 Å². The molecular formula is C61H43NO. The van der Waals surface area contributed by atoms with Gasteiger partial charge < -0.3 is 9.32 Å². The molecule has 0 saturated carbocycles. The van der Waals surface area contributed by atoms with E-state index in [-0.39, 0.29) is 10.8 Å². The molecule has 9 aromatic carbocycles. The van der Waals surface area contributed by atoms with Gasteiger partial charge in [-0.2, -0.15) is 0 Å². The number of rotatable bonds is 3. The van der Waals surface area contributed by atoms with E-state index in [1.807, 2.05) is 0 Å². The van der Waals surface area contributed by atoms with Crippen LogP contribution >= 0.6 is 0 Å². The van der Waals surface area contributed by atoms with E-state index in [4.69, 9.17) is 4.42 Å². The van der Waals surface area contributed by atoms with Crippen LogP contribution in [0, 0.1) is 0 Å². The summed E-state index contributed by atoms with van der Waals surface area (Å²) in [6.07, 6.45) is 0. The maximum atomic E-state index is 6.91. The summed E-state index contributed by atoms with van der Waals surface area (Å²) in [5.41, 5.74) is 25.5. The number of fused-ring (bicyclic) bond motifs is 20. The summed E-state index contributed by atoms with van der Waals surface area (Å²) in [5.74, 6) is 0. The maximum Gasteiger partial charge on any atom is 0.143 e. The van der Waals surface area contributed by atoms with Gasteiger partial charge >= 0.3 is 0 Å². The van der Waals surface area contributed by atoms with Gasteiger partial charge in [0.1, 0.15) is 11.2 Å². The highest BCUT2D eigenvalue weighted by atomic mass is 16.3. The predicted molar refractivity (Wildman–Crippen MR) is 260 cm³/mol. The minimum absolute atomic E-state index is 0.145. The first-order valence-electron chi connectivity index (χ1n) is 22.3. The smallest absolute Gasteiger partial charge is 0.143 e. The van der Waals surface area contributed by atoms with Crippen molar-refractivity contribution in [3.63, 3.8) is 0 Å². The Labute approximate surface area is 367 Å². The molecule has 2 heteroatoms. The molecule has 0 aliphatic heterocycles. The second-order valence-corrected chi connectivity index (χ2v) is 19.2. The molecule has 4 aliphatic rings. The van der Waals surface area contributed by atoms with Crippen molar-refractivity contribution in [2.45, 2.75) is 43.9 Å². The van der Waals surface area contributed by atoms with Crippen LogP contribution in [0.15, 0.2) is 192 Å². The Bertz CT molecular complexity index is 3500. The van der Waals surface area contributed by atoms with Gasteiger partial charge in [-0.3, -0.25) is 0 Å². The number of benzene rings is 9. The van der Waals surface area contributed by atoms with Gasteiger partial charge in [-0.25, -0.2) is 0 Å². The zero-order valence-corrected chi connectivity index (χ0v) is 35.8. The van der Waals surface area contributed by atoms with Crippen LogP contribution in [0.25, 0.3) is 66.4 Å². The summed E-state index contributed by atoms with van der Waals surface area (Å²) < 4.78 is 6.91. The third-order valence-electron chi connectivity index (χ3n) is 15.5. The molecule has 298 valence electrons. The van der Waals surface area contributed by atoms with Gasteiger partial charge in [0.2, 0.25) is 0 Å². The molecule has 0 amide bonds. The number of nitrogens with zero attached hydrogens (tertiary/aromatic N) is 1.